The molecule has 1 atom stereocenters. The molecule has 0 radical (unpaired) electrons. The molecule has 6 N–H and O–H groups in total. The molecule has 0 spiro atoms. The molecule has 0 saturated heterocycles. The summed E-state index contributed by atoms with van der Waals surface area (Å²) in [6.45, 7) is 1.90. The summed E-state index contributed by atoms with van der Waals surface area (Å²) in [6.07, 6.45) is 3.34. The van der Waals surface area contributed by atoms with Crippen molar-refractivity contribution in [3.05, 3.63) is 201 Å². The minimum Gasteiger partial charge on any atom is -0.507 e. The van der Waals surface area contributed by atoms with Gasteiger partial charge in [-0.05, 0) is 75.4 Å². The second-order valence-electron chi connectivity index (χ2n) is 14.0. The zero-order valence-electron chi connectivity index (χ0n) is 32.3. The fraction of sp³-hybridized carbons (Fsp3) is 0.224. The zero-order valence-corrected chi connectivity index (χ0v) is 32.3. The quantitative estimate of drug-likeness (QED) is 0.0608. The maximum Gasteiger partial charge on any atom is 0.307 e. The van der Waals surface area contributed by atoms with Crippen LogP contribution in [0.3, 0.4) is 0 Å². The highest BCUT2D eigenvalue weighted by atomic mass is 16.4. The average molecular weight is 769 g/mol. The first-order valence-corrected chi connectivity index (χ1v) is 19.1. The number of hydrogen-bond donors (Lipinski definition) is 6. The summed E-state index contributed by atoms with van der Waals surface area (Å²) in [6, 6.07) is 46.6. The van der Waals surface area contributed by atoms with Gasteiger partial charge in [0, 0.05) is 32.3 Å². The van der Waals surface area contributed by atoms with E-state index in [4.69, 9.17) is 20.4 Å². The number of phenolic OH excluding ortho intramolecular Hbond substituents is 2. The van der Waals surface area contributed by atoms with E-state index in [-0.39, 0.29) is 37.1 Å². The van der Waals surface area contributed by atoms with Gasteiger partial charge in [0.2, 0.25) is 0 Å². The third-order valence-electron chi connectivity index (χ3n) is 9.10. The molecule has 57 heavy (non-hydrogen) atoms. The van der Waals surface area contributed by atoms with E-state index in [1.807, 2.05) is 121 Å². The van der Waals surface area contributed by atoms with Crippen LogP contribution in [0.4, 0.5) is 0 Å². The third-order valence-corrected chi connectivity index (χ3v) is 9.10. The molecule has 0 aliphatic carbocycles. The normalized spacial score (nSPS) is 11.0. The number of rotatable bonds is 15. The van der Waals surface area contributed by atoms with Gasteiger partial charge in [0.25, 0.3) is 0 Å². The molecule has 0 saturated carbocycles. The number of carboxylic acid groups (broad SMARTS) is 2. The van der Waals surface area contributed by atoms with E-state index in [0.29, 0.717) is 49.7 Å². The number of carboxylic acids is 2. The Labute approximate surface area is 335 Å². The van der Waals surface area contributed by atoms with Crippen molar-refractivity contribution in [3.8, 4) is 11.5 Å². The fourth-order valence-corrected chi connectivity index (χ4v) is 6.41. The second kappa shape index (κ2) is 23.0. The van der Waals surface area contributed by atoms with Crippen molar-refractivity contribution in [1.82, 2.24) is 0 Å². The minimum atomic E-state index is -0.873. The van der Waals surface area contributed by atoms with Gasteiger partial charge in [-0.1, -0.05) is 146 Å². The lowest BCUT2D eigenvalue weighted by Crippen LogP contribution is -2.03. The van der Waals surface area contributed by atoms with Crippen LogP contribution >= 0.6 is 0 Å². The molecule has 0 aliphatic rings. The smallest absolute Gasteiger partial charge is 0.307 e. The van der Waals surface area contributed by atoms with Crippen LogP contribution in [0.1, 0.15) is 75.4 Å². The lowest BCUT2D eigenvalue weighted by atomic mass is 9.94. The lowest BCUT2D eigenvalue weighted by Gasteiger charge is -2.13. The molecular formula is C49H52O8. The van der Waals surface area contributed by atoms with Gasteiger partial charge in [-0.3, -0.25) is 9.59 Å². The first kappa shape index (κ1) is 43.5. The number of hydrogen-bond acceptors (Lipinski definition) is 6. The van der Waals surface area contributed by atoms with E-state index in [2.05, 4.69) is 0 Å². The Bertz CT molecular complexity index is 1840. The van der Waals surface area contributed by atoms with Gasteiger partial charge in [0.1, 0.15) is 11.5 Å². The van der Waals surface area contributed by atoms with Gasteiger partial charge in [-0.15, -0.1) is 0 Å². The molecule has 296 valence electrons. The van der Waals surface area contributed by atoms with Gasteiger partial charge in [0.15, 0.2) is 0 Å². The summed E-state index contributed by atoms with van der Waals surface area (Å²) in [4.78, 5) is 22.3. The maximum absolute atomic E-state index is 11.1. The van der Waals surface area contributed by atoms with Crippen LogP contribution in [0.2, 0.25) is 0 Å². The maximum atomic E-state index is 11.1. The van der Waals surface area contributed by atoms with Crippen LogP contribution in [0.25, 0.3) is 0 Å². The average Bonchev–Trinajstić information content (AvgIpc) is 3.19. The van der Waals surface area contributed by atoms with Gasteiger partial charge in [-0.2, -0.15) is 0 Å². The summed E-state index contributed by atoms with van der Waals surface area (Å²) < 4.78 is 0. The van der Waals surface area contributed by atoms with E-state index in [1.165, 1.54) is 0 Å². The van der Waals surface area contributed by atoms with Crippen LogP contribution in [-0.4, -0.2) is 55.3 Å². The number of aromatic hydroxyl groups is 2. The topological polar surface area (TPSA) is 156 Å². The third kappa shape index (κ3) is 15.4. The Morgan fingerprint density at radius 1 is 0.474 bits per heavy atom. The predicted molar refractivity (Wildman–Crippen MR) is 224 cm³/mol. The number of aliphatic carboxylic acids is 2. The van der Waals surface area contributed by atoms with Crippen molar-refractivity contribution in [1.29, 1.82) is 0 Å². The molecule has 6 aromatic rings. The van der Waals surface area contributed by atoms with Crippen molar-refractivity contribution in [2.45, 2.75) is 64.4 Å². The van der Waals surface area contributed by atoms with Gasteiger partial charge >= 0.3 is 11.9 Å². The minimum absolute atomic E-state index is 0.0517. The molecule has 8 heteroatoms. The molecule has 0 aromatic heterocycles. The van der Waals surface area contributed by atoms with Gasteiger partial charge < -0.3 is 30.6 Å². The number of aliphatic hydroxyl groups is 2. The summed E-state index contributed by atoms with van der Waals surface area (Å²) in [7, 11) is 0. The Hall–Kier alpha value is -6.22. The molecule has 6 aromatic carbocycles. The van der Waals surface area contributed by atoms with Crippen molar-refractivity contribution >= 4 is 11.9 Å². The highest BCUT2D eigenvalue weighted by molar-refractivity contribution is 5.71. The summed E-state index contributed by atoms with van der Waals surface area (Å²) in [5, 5.41) is 56.5. The van der Waals surface area contributed by atoms with Crippen LogP contribution in [0.5, 0.6) is 11.5 Å². The van der Waals surface area contributed by atoms with E-state index in [0.717, 1.165) is 44.5 Å². The van der Waals surface area contributed by atoms with Crippen LogP contribution in [0, 0.1) is 0 Å². The van der Waals surface area contributed by atoms with E-state index < -0.39 is 11.9 Å². The van der Waals surface area contributed by atoms with Crippen molar-refractivity contribution in [2.75, 3.05) is 6.61 Å². The molecular weight excluding hydrogens is 717 g/mol. The standard InChI is InChI=1S/2C22H20O3.C5H12O2/c2*23-21(24)15-18-13-19(11-16-7-3-1-4-8-16)22(25)20(14-18)12-17-9-5-2-6-10-17;1-5(7)3-2-4-6/h2*1-10,13-14,25H,11-12,15H2,(H,23,24);5-7H,2-4H2,1H3. The lowest BCUT2D eigenvalue weighted by molar-refractivity contribution is -0.137. The zero-order chi connectivity index (χ0) is 41.0. The SMILES string of the molecule is CC(O)CCCO.O=C(O)Cc1cc(Cc2ccccc2)c(O)c(Cc2ccccc2)c1.O=C(O)Cc1cc(Cc2ccccc2)c(O)c(Cc2ccccc2)c1. The Kier molecular flexibility index (Phi) is 17.5. The number of benzene rings is 6. The fourth-order valence-electron chi connectivity index (χ4n) is 6.41. The molecule has 8 nitrogen and oxygen atoms in total. The van der Waals surface area contributed by atoms with E-state index in [9.17, 15) is 19.8 Å². The largest absolute Gasteiger partial charge is 0.507 e. The highest BCUT2D eigenvalue weighted by Crippen LogP contribution is 2.31. The molecule has 0 fully saturated rings. The van der Waals surface area contributed by atoms with Crippen molar-refractivity contribution < 1.29 is 40.2 Å². The molecule has 6 rings (SSSR count). The molecule has 0 amide bonds. The van der Waals surface area contributed by atoms with Crippen LogP contribution < -0.4 is 0 Å². The van der Waals surface area contributed by atoms with Crippen molar-refractivity contribution in [3.63, 3.8) is 0 Å². The van der Waals surface area contributed by atoms with Crippen LogP contribution in [-0.2, 0) is 48.1 Å². The van der Waals surface area contributed by atoms with Gasteiger partial charge in [-0.25, -0.2) is 0 Å². The summed E-state index contributed by atoms with van der Waals surface area (Å²) in [5.41, 5.74) is 8.78. The van der Waals surface area contributed by atoms with Gasteiger partial charge in [0.05, 0.1) is 18.9 Å². The number of phenols is 2. The number of carbonyl (C=O) groups is 2. The number of aliphatic hydroxyl groups excluding tert-OH is 2. The first-order chi connectivity index (χ1) is 27.5. The Morgan fingerprint density at radius 2 is 0.737 bits per heavy atom. The predicted octanol–water partition coefficient (Wildman–Crippen LogP) is 8.54. The molecule has 0 heterocycles. The van der Waals surface area contributed by atoms with Crippen LogP contribution in [0.15, 0.2) is 146 Å². The monoisotopic (exact) mass is 768 g/mol. The molecule has 1 unspecified atom stereocenters. The Morgan fingerprint density at radius 3 is 0.930 bits per heavy atom. The summed E-state index contributed by atoms with van der Waals surface area (Å²) in [5.74, 6) is -1.24. The van der Waals surface area contributed by atoms with E-state index >= 15 is 0 Å². The Balaban J connectivity index is 0.000000217. The highest BCUT2D eigenvalue weighted by Gasteiger charge is 2.15. The molecule has 0 bridgehead atoms. The molecule has 0 aliphatic heterocycles. The first-order valence-electron chi connectivity index (χ1n) is 19.1. The van der Waals surface area contributed by atoms with Crippen molar-refractivity contribution in [2.24, 2.45) is 0 Å². The second-order valence-corrected chi connectivity index (χ2v) is 14.0. The van der Waals surface area contributed by atoms with E-state index in [1.54, 1.807) is 31.2 Å². The summed E-state index contributed by atoms with van der Waals surface area (Å²) >= 11 is 0.